The van der Waals surface area contributed by atoms with Crippen molar-refractivity contribution < 1.29 is 14.2 Å². The summed E-state index contributed by atoms with van der Waals surface area (Å²) >= 11 is 0. The Kier molecular flexibility index (Phi) is 4.72. The molecule has 1 aliphatic heterocycles. The second-order valence-corrected chi connectivity index (χ2v) is 5.62. The van der Waals surface area contributed by atoms with Gasteiger partial charge in [0, 0.05) is 11.3 Å². The lowest BCUT2D eigenvalue weighted by atomic mass is 9.84. The molecule has 0 fully saturated rings. The van der Waals surface area contributed by atoms with Crippen LogP contribution in [-0.4, -0.2) is 23.4 Å². The number of nitrogens with zero attached hydrogens (tertiary/aromatic N) is 2. The molecule has 0 aliphatic carbocycles. The van der Waals surface area contributed by atoms with E-state index in [0.717, 1.165) is 16.8 Å². The molecule has 0 unspecified atom stereocenters. The van der Waals surface area contributed by atoms with E-state index in [2.05, 4.69) is 22.2 Å². The Morgan fingerprint density at radius 2 is 2.19 bits per heavy atom. The fourth-order valence-corrected chi connectivity index (χ4v) is 2.94. The molecule has 0 radical (unpaired) electrons. The lowest BCUT2D eigenvalue weighted by molar-refractivity contribution is 0.299. The second-order valence-electron chi connectivity index (χ2n) is 5.62. The normalized spacial score (nSPS) is 15.5. The van der Waals surface area contributed by atoms with Crippen LogP contribution in [0.1, 0.15) is 29.7 Å². The molecule has 3 N–H and O–H groups in total. The number of allylic oxidation sites excluding steroid dienone is 1. The van der Waals surface area contributed by atoms with E-state index in [-0.39, 0.29) is 12.5 Å². The standard InChI is InChI=1S/C19H18N4O3/c1-4-8-25-14-7-6-12(9-15(14)24-5-2)17-13(10-20)18(21)26-19-16(17)11(3)22-23-19/h1,6-7,9,17H,5,8,21H2,2-3H3,(H,22,23)/t17-/m0/s1. The van der Waals surface area contributed by atoms with Crippen LogP contribution in [-0.2, 0) is 0 Å². The Hall–Kier alpha value is -3.58. The van der Waals surface area contributed by atoms with Crippen molar-refractivity contribution in [3.63, 3.8) is 0 Å². The first-order valence-electron chi connectivity index (χ1n) is 8.06. The zero-order valence-corrected chi connectivity index (χ0v) is 14.5. The molecule has 0 amide bonds. The van der Waals surface area contributed by atoms with Crippen LogP contribution in [0.2, 0.25) is 0 Å². The number of H-pyrrole nitrogens is 1. The molecule has 2 aromatic rings. The number of terminal acetylenes is 1. The third-order valence-electron chi connectivity index (χ3n) is 4.04. The van der Waals surface area contributed by atoms with Gasteiger partial charge in [-0.05, 0) is 31.5 Å². The van der Waals surface area contributed by atoms with Crippen LogP contribution in [0.4, 0.5) is 0 Å². The van der Waals surface area contributed by atoms with E-state index < -0.39 is 5.92 Å². The molecule has 7 heteroatoms. The van der Waals surface area contributed by atoms with Gasteiger partial charge in [0.05, 0.1) is 12.5 Å². The molecule has 1 aromatic carbocycles. The van der Waals surface area contributed by atoms with E-state index in [0.29, 0.717) is 29.6 Å². The van der Waals surface area contributed by atoms with E-state index in [4.69, 9.17) is 26.4 Å². The van der Waals surface area contributed by atoms with Gasteiger partial charge in [-0.2, -0.15) is 5.26 Å². The maximum absolute atomic E-state index is 9.61. The zero-order valence-electron chi connectivity index (χ0n) is 14.5. The molecule has 0 saturated carbocycles. The summed E-state index contributed by atoms with van der Waals surface area (Å²) in [6, 6.07) is 7.60. The van der Waals surface area contributed by atoms with Crippen molar-refractivity contribution in [3.8, 4) is 35.8 Å². The minimum absolute atomic E-state index is 0.0436. The van der Waals surface area contributed by atoms with Gasteiger partial charge >= 0.3 is 0 Å². The van der Waals surface area contributed by atoms with Crippen molar-refractivity contribution in [3.05, 3.63) is 46.5 Å². The summed E-state index contributed by atoms with van der Waals surface area (Å²) in [6.07, 6.45) is 5.26. The quantitative estimate of drug-likeness (QED) is 0.802. The van der Waals surface area contributed by atoms with Gasteiger partial charge in [-0.1, -0.05) is 12.0 Å². The van der Waals surface area contributed by atoms with Crippen LogP contribution >= 0.6 is 0 Å². The van der Waals surface area contributed by atoms with Crippen LogP contribution in [0.15, 0.2) is 29.7 Å². The number of aromatic amines is 1. The smallest absolute Gasteiger partial charge is 0.244 e. The van der Waals surface area contributed by atoms with Gasteiger partial charge < -0.3 is 19.9 Å². The Labute approximate surface area is 151 Å². The van der Waals surface area contributed by atoms with Crippen molar-refractivity contribution >= 4 is 0 Å². The molecule has 1 aromatic heterocycles. The highest BCUT2D eigenvalue weighted by atomic mass is 16.5. The summed E-state index contributed by atoms with van der Waals surface area (Å²) in [5.74, 6) is 3.52. The molecule has 0 spiro atoms. The van der Waals surface area contributed by atoms with E-state index in [1.807, 2.05) is 26.0 Å². The first-order valence-corrected chi connectivity index (χ1v) is 8.06. The third kappa shape index (κ3) is 2.91. The first-order chi connectivity index (χ1) is 12.6. The number of benzene rings is 1. The highest BCUT2D eigenvalue weighted by Crippen LogP contribution is 2.44. The molecule has 2 heterocycles. The van der Waals surface area contributed by atoms with Gasteiger partial charge in [-0.3, -0.25) is 5.10 Å². The molecule has 0 bridgehead atoms. The van der Waals surface area contributed by atoms with Gasteiger partial charge in [0.25, 0.3) is 0 Å². The topological polar surface area (TPSA) is 106 Å². The lowest BCUT2D eigenvalue weighted by Crippen LogP contribution is -2.21. The summed E-state index contributed by atoms with van der Waals surface area (Å²) in [5, 5.41) is 16.6. The Morgan fingerprint density at radius 3 is 2.88 bits per heavy atom. The molecular formula is C19H18N4O3. The summed E-state index contributed by atoms with van der Waals surface area (Å²) in [7, 11) is 0. The average Bonchev–Trinajstić information content (AvgIpc) is 3.00. The molecule has 1 aliphatic rings. The third-order valence-corrected chi connectivity index (χ3v) is 4.04. The molecule has 0 saturated heterocycles. The Balaban J connectivity index is 2.12. The Bertz CT molecular complexity index is 947. The second kappa shape index (κ2) is 7.12. The number of nitriles is 1. The molecule has 1 atom stereocenters. The number of nitrogens with one attached hydrogen (secondary N) is 1. The highest BCUT2D eigenvalue weighted by molar-refractivity contribution is 5.57. The fraction of sp³-hybridized carbons (Fsp3) is 0.263. The number of rotatable bonds is 5. The summed E-state index contributed by atoms with van der Waals surface area (Å²) in [4.78, 5) is 0. The molecule has 7 nitrogen and oxygen atoms in total. The average molecular weight is 350 g/mol. The molecular weight excluding hydrogens is 332 g/mol. The van der Waals surface area contributed by atoms with Crippen molar-refractivity contribution in [1.82, 2.24) is 10.2 Å². The van der Waals surface area contributed by atoms with Crippen LogP contribution in [0, 0.1) is 30.6 Å². The number of fused-ring (bicyclic) bond motifs is 1. The van der Waals surface area contributed by atoms with Crippen molar-refractivity contribution in [2.24, 2.45) is 5.73 Å². The van der Waals surface area contributed by atoms with Gasteiger partial charge in [0.2, 0.25) is 11.8 Å². The number of hydrogen-bond acceptors (Lipinski definition) is 6. The van der Waals surface area contributed by atoms with E-state index in [1.54, 1.807) is 6.07 Å². The first kappa shape index (κ1) is 17.2. The monoisotopic (exact) mass is 350 g/mol. The predicted octanol–water partition coefficient (Wildman–Crippen LogP) is 2.35. The Morgan fingerprint density at radius 1 is 1.38 bits per heavy atom. The zero-order chi connectivity index (χ0) is 18.7. The number of nitrogens with two attached hydrogens (primary N) is 1. The summed E-state index contributed by atoms with van der Waals surface area (Å²) in [5.41, 5.74) is 8.65. The van der Waals surface area contributed by atoms with E-state index in [1.165, 1.54) is 0 Å². The lowest BCUT2D eigenvalue weighted by Gasteiger charge is -2.24. The molecule has 132 valence electrons. The largest absolute Gasteiger partial charge is 0.490 e. The van der Waals surface area contributed by atoms with Crippen LogP contribution < -0.4 is 19.9 Å². The van der Waals surface area contributed by atoms with Crippen LogP contribution in [0.5, 0.6) is 17.4 Å². The van der Waals surface area contributed by atoms with Crippen molar-refractivity contribution in [1.29, 1.82) is 5.26 Å². The number of aromatic nitrogens is 2. The summed E-state index contributed by atoms with van der Waals surface area (Å²) < 4.78 is 16.7. The van der Waals surface area contributed by atoms with Gasteiger partial charge in [-0.15, -0.1) is 11.5 Å². The van der Waals surface area contributed by atoms with Crippen molar-refractivity contribution in [2.45, 2.75) is 19.8 Å². The van der Waals surface area contributed by atoms with Gasteiger partial charge in [0.1, 0.15) is 18.2 Å². The minimum atomic E-state index is -0.414. The number of hydrogen-bond donors (Lipinski definition) is 2. The number of ether oxygens (including phenoxy) is 3. The van der Waals surface area contributed by atoms with Crippen LogP contribution in [0.3, 0.4) is 0 Å². The maximum Gasteiger partial charge on any atom is 0.244 e. The summed E-state index contributed by atoms with van der Waals surface area (Å²) in [6.45, 7) is 4.34. The molecule has 26 heavy (non-hydrogen) atoms. The molecule has 3 rings (SSSR count). The fourth-order valence-electron chi connectivity index (χ4n) is 2.94. The van der Waals surface area contributed by atoms with Crippen molar-refractivity contribution in [2.75, 3.05) is 13.2 Å². The van der Waals surface area contributed by atoms with Gasteiger partial charge in [-0.25, -0.2) is 0 Å². The van der Waals surface area contributed by atoms with E-state index in [9.17, 15) is 5.26 Å². The van der Waals surface area contributed by atoms with Crippen LogP contribution in [0.25, 0.3) is 0 Å². The SMILES string of the molecule is C#CCOc1ccc([C@H]2C(C#N)=C(N)Oc3n[nH]c(C)c32)cc1OCC. The highest BCUT2D eigenvalue weighted by Gasteiger charge is 2.34. The minimum Gasteiger partial charge on any atom is -0.490 e. The van der Waals surface area contributed by atoms with E-state index >= 15 is 0 Å². The predicted molar refractivity (Wildman–Crippen MR) is 94.6 cm³/mol. The number of aryl methyl sites for hydroxylation is 1. The van der Waals surface area contributed by atoms with Gasteiger partial charge in [0.15, 0.2) is 11.5 Å². The maximum atomic E-state index is 9.61.